The fourth-order valence-corrected chi connectivity index (χ4v) is 2.26. The van der Waals surface area contributed by atoms with E-state index in [1.54, 1.807) is 0 Å². The number of carbonyl (C=O) groups excluding carboxylic acids is 4. The van der Waals surface area contributed by atoms with E-state index >= 15 is 0 Å². The van der Waals surface area contributed by atoms with E-state index in [1.165, 1.54) is 6.92 Å². The molecule has 0 aromatic heterocycles. The van der Waals surface area contributed by atoms with E-state index < -0.39 is 29.8 Å². The highest BCUT2D eigenvalue weighted by atomic mass is 16.2. The summed E-state index contributed by atoms with van der Waals surface area (Å²) in [6.45, 7) is 1.56. The Balaban J connectivity index is 4.45. The molecule has 0 radical (unpaired) electrons. The Morgan fingerprint density at radius 3 is 1.97 bits per heavy atom. The van der Waals surface area contributed by atoms with Crippen LogP contribution in [0.25, 0.3) is 0 Å². The maximum Gasteiger partial charge on any atom is 0.243 e. The van der Waals surface area contributed by atoms with Crippen LogP contribution in [0.2, 0.25) is 0 Å². The average Bonchev–Trinajstić information content (AvgIpc) is 2.63. The van der Waals surface area contributed by atoms with Crippen LogP contribution in [0.4, 0.5) is 0 Å². The quantitative estimate of drug-likeness (QED) is 0.0648. The van der Waals surface area contributed by atoms with Crippen LogP contribution in [-0.4, -0.2) is 67.6 Å². The van der Waals surface area contributed by atoms with Crippen LogP contribution in [0.3, 0.4) is 0 Å². The van der Waals surface area contributed by atoms with Crippen molar-refractivity contribution in [3.05, 3.63) is 0 Å². The first-order valence-corrected chi connectivity index (χ1v) is 9.06. The third kappa shape index (κ3) is 14.4. The van der Waals surface area contributed by atoms with Gasteiger partial charge >= 0.3 is 0 Å². The van der Waals surface area contributed by atoms with Gasteiger partial charge in [0.1, 0.15) is 12.3 Å². The summed E-state index contributed by atoms with van der Waals surface area (Å²) in [5, 5.41) is 7.42. The zero-order valence-electron chi connectivity index (χ0n) is 16.5. The van der Waals surface area contributed by atoms with Gasteiger partial charge in [0.2, 0.25) is 17.7 Å². The van der Waals surface area contributed by atoms with Crippen molar-refractivity contribution >= 4 is 35.9 Å². The minimum Gasteiger partial charge on any atom is -0.370 e. The summed E-state index contributed by atoms with van der Waals surface area (Å²) in [7, 11) is 0. The van der Waals surface area contributed by atoms with Crippen molar-refractivity contribution in [2.24, 2.45) is 32.9 Å². The van der Waals surface area contributed by atoms with Crippen LogP contribution < -0.4 is 38.9 Å². The Hall–Kier alpha value is -3.38. The Labute approximate surface area is 169 Å². The van der Waals surface area contributed by atoms with Crippen molar-refractivity contribution in [3.8, 4) is 0 Å². The number of nitrogens with one attached hydrogen (secondary N) is 3. The summed E-state index contributed by atoms with van der Waals surface area (Å²) in [6.07, 6.45) is 2.17. The van der Waals surface area contributed by atoms with E-state index in [1.807, 2.05) is 0 Å². The molecule has 2 unspecified atom stereocenters. The van der Waals surface area contributed by atoms with Crippen LogP contribution in [-0.2, 0) is 19.2 Å². The fraction of sp³-hybridized carbons (Fsp3) is 0.625. The monoisotopic (exact) mass is 413 g/mol. The number of aliphatic imine (C=N–C) groups is 2. The molecule has 2 atom stereocenters. The molecule has 0 aromatic rings. The number of guanidine groups is 2. The number of rotatable bonds is 14. The van der Waals surface area contributed by atoms with Crippen molar-refractivity contribution < 1.29 is 19.2 Å². The fourth-order valence-electron chi connectivity index (χ4n) is 2.26. The molecule has 3 amide bonds. The normalized spacial score (nSPS) is 12.0. The van der Waals surface area contributed by atoms with Gasteiger partial charge in [0.25, 0.3) is 0 Å². The molecule has 0 aliphatic heterocycles. The predicted octanol–water partition coefficient (Wildman–Crippen LogP) is -3.60. The van der Waals surface area contributed by atoms with Gasteiger partial charge in [0.05, 0.1) is 12.6 Å². The Morgan fingerprint density at radius 1 is 0.931 bits per heavy atom. The summed E-state index contributed by atoms with van der Waals surface area (Å²) in [6, 6.07) is -1.56. The Kier molecular flexibility index (Phi) is 12.9. The van der Waals surface area contributed by atoms with E-state index in [0.717, 1.165) is 0 Å². The van der Waals surface area contributed by atoms with Crippen molar-refractivity contribution in [1.29, 1.82) is 0 Å². The summed E-state index contributed by atoms with van der Waals surface area (Å²) in [5.41, 5.74) is 20.9. The lowest BCUT2D eigenvalue weighted by molar-refractivity contribution is -0.130. The van der Waals surface area contributed by atoms with Crippen LogP contribution in [0.15, 0.2) is 9.98 Å². The first-order chi connectivity index (χ1) is 13.6. The van der Waals surface area contributed by atoms with Crippen molar-refractivity contribution in [3.63, 3.8) is 0 Å². The Bertz CT molecular complexity index is 614. The van der Waals surface area contributed by atoms with Crippen molar-refractivity contribution in [2.75, 3.05) is 19.6 Å². The van der Waals surface area contributed by atoms with E-state index in [4.69, 9.17) is 22.9 Å². The van der Waals surface area contributed by atoms with Gasteiger partial charge in [-0.25, -0.2) is 0 Å². The number of amides is 3. The zero-order chi connectivity index (χ0) is 22.2. The third-order valence-electron chi connectivity index (χ3n) is 3.54. The van der Waals surface area contributed by atoms with Crippen LogP contribution in [0, 0.1) is 0 Å². The molecule has 0 heterocycles. The molecule has 13 heteroatoms. The van der Waals surface area contributed by atoms with E-state index in [9.17, 15) is 19.2 Å². The topological polar surface area (TPSA) is 233 Å². The second kappa shape index (κ2) is 14.6. The number of aldehydes is 1. The number of hydrogen-bond acceptors (Lipinski definition) is 6. The van der Waals surface area contributed by atoms with Gasteiger partial charge in [-0.3, -0.25) is 24.4 Å². The SMILES string of the molecule is CC(=O)NC(CCCN=C(N)N)C(=O)NCC(=O)NC(C=O)CCCN=C(N)N. The van der Waals surface area contributed by atoms with Crippen LogP contribution in [0.5, 0.6) is 0 Å². The first-order valence-electron chi connectivity index (χ1n) is 9.06. The number of carbonyl (C=O) groups is 4. The highest BCUT2D eigenvalue weighted by Gasteiger charge is 2.20. The molecule has 0 spiro atoms. The van der Waals surface area contributed by atoms with Gasteiger partial charge in [-0.2, -0.15) is 0 Å². The predicted molar refractivity (Wildman–Crippen MR) is 108 cm³/mol. The Morgan fingerprint density at radius 2 is 1.48 bits per heavy atom. The van der Waals surface area contributed by atoms with Gasteiger partial charge in [-0.15, -0.1) is 0 Å². The lowest BCUT2D eigenvalue weighted by Crippen LogP contribution is -2.49. The molecule has 0 saturated carbocycles. The van der Waals surface area contributed by atoms with E-state index in [0.29, 0.717) is 38.6 Å². The van der Waals surface area contributed by atoms with Crippen molar-refractivity contribution in [2.45, 2.75) is 44.7 Å². The van der Waals surface area contributed by atoms with Gasteiger partial charge in [0, 0.05) is 20.0 Å². The standard InChI is InChI=1S/C16H31N9O4/c1-10(27)24-12(5-3-7-22-16(19)20)14(29)23-8-13(28)25-11(9-26)4-2-6-21-15(17)18/h9,11-12H,2-8H2,1H3,(H,23,29)(H,24,27)(H,25,28)(H4,17,18,21)(H4,19,20,22). The molecule has 11 N–H and O–H groups in total. The molecular formula is C16H31N9O4. The largest absolute Gasteiger partial charge is 0.370 e. The van der Waals surface area contributed by atoms with Gasteiger partial charge < -0.3 is 43.7 Å². The third-order valence-corrected chi connectivity index (χ3v) is 3.54. The number of nitrogens with two attached hydrogens (primary N) is 4. The zero-order valence-corrected chi connectivity index (χ0v) is 16.5. The maximum atomic E-state index is 12.2. The summed E-state index contributed by atoms with van der Waals surface area (Å²) >= 11 is 0. The molecule has 29 heavy (non-hydrogen) atoms. The first kappa shape index (κ1) is 25.6. The highest BCUT2D eigenvalue weighted by molar-refractivity contribution is 5.90. The molecular weight excluding hydrogens is 382 g/mol. The average molecular weight is 413 g/mol. The van der Waals surface area contributed by atoms with Gasteiger partial charge in [-0.1, -0.05) is 0 Å². The molecule has 0 aliphatic rings. The summed E-state index contributed by atoms with van der Waals surface area (Å²) in [4.78, 5) is 54.1. The minimum atomic E-state index is -0.837. The van der Waals surface area contributed by atoms with Gasteiger partial charge in [-0.05, 0) is 25.7 Å². The van der Waals surface area contributed by atoms with E-state index in [2.05, 4.69) is 25.9 Å². The highest BCUT2D eigenvalue weighted by Crippen LogP contribution is 1.99. The summed E-state index contributed by atoms with van der Waals surface area (Å²) < 4.78 is 0. The minimum absolute atomic E-state index is 0.0496. The molecule has 13 nitrogen and oxygen atoms in total. The van der Waals surface area contributed by atoms with Gasteiger partial charge in [0.15, 0.2) is 11.9 Å². The molecule has 164 valence electrons. The number of nitrogens with zero attached hydrogens (tertiary/aromatic N) is 2. The van der Waals surface area contributed by atoms with Crippen LogP contribution in [0.1, 0.15) is 32.6 Å². The smallest absolute Gasteiger partial charge is 0.243 e. The number of hydrogen-bond donors (Lipinski definition) is 7. The molecule has 0 aliphatic carbocycles. The molecule has 0 rings (SSSR count). The molecule has 0 fully saturated rings. The second-order valence-electron chi connectivity index (χ2n) is 6.18. The maximum absolute atomic E-state index is 12.2. The second-order valence-corrected chi connectivity index (χ2v) is 6.18. The van der Waals surface area contributed by atoms with E-state index in [-0.39, 0.29) is 24.9 Å². The molecule has 0 aromatic carbocycles. The summed E-state index contributed by atoms with van der Waals surface area (Å²) in [5.74, 6) is -1.58. The molecule has 0 saturated heterocycles. The lowest BCUT2D eigenvalue weighted by Gasteiger charge is -2.18. The lowest BCUT2D eigenvalue weighted by atomic mass is 10.1. The molecule has 0 bridgehead atoms. The van der Waals surface area contributed by atoms with Crippen molar-refractivity contribution in [1.82, 2.24) is 16.0 Å². The van der Waals surface area contributed by atoms with Crippen LogP contribution >= 0.6 is 0 Å².